The topological polar surface area (TPSA) is 30.5 Å². The minimum atomic E-state index is -4.82. The molecule has 18 heavy (non-hydrogen) atoms. The highest BCUT2D eigenvalue weighted by atomic mass is 19.4. The van der Waals surface area contributed by atoms with Crippen molar-refractivity contribution < 1.29 is 27.0 Å². The lowest BCUT2D eigenvalue weighted by atomic mass is 10.1. The molecule has 1 fully saturated rings. The molecule has 0 unspecified atom stereocenters. The molecule has 1 saturated heterocycles. The minimum absolute atomic E-state index is 0.268. The van der Waals surface area contributed by atoms with E-state index in [4.69, 9.17) is 4.74 Å². The summed E-state index contributed by atoms with van der Waals surface area (Å²) < 4.78 is 58.3. The number of alkyl halides is 3. The highest BCUT2D eigenvalue weighted by Gasteiger charge is 2.31. The first-order valence-electron chi connectivity index (χ1n) is 5.32. The average molecular weight is 265 g/mol. The van der Waals surface area contributed by atoms with Gasteiger partial charge in [-0.2, -0.15) is 0 Å². The third-order valence-corrected chi connectivity index (χ3v) is 2.50. The molecular weight excluding hydrogens is 254 g/mol. The van der Waals surface area contributed by atoms with E-state index < -0.39 is 17.9 Å². The number of hydrogen-bond donors (Lipinski definition) is 1. The quantitative estimate of drug-likeness (QED) is 0.833. The number of rotatable bonds is 2. The van der Waals surface area contributed by atoms with Gasteiger partial charge < -0.3 is 14.8 Å². The summed E-state index contributed by atoms with van der Waals surface area (Å²) >= 11 is 0. The van der Waals surface area contributed by atoms with Gasteiger partial charge in [-0.15, -0.1) is 13.2 Å². The lowest BCUT2D eigenvalue weighted by Crippen LogP contribution is -2.35. The molecule has 1 aliphatic rings. The van der Waals surface area contributed by atoms with Gasteiger partial charge in [-0.25, -0.2) is 4.39 Å². The monoisotopic (exact) mass is 265 g/mol. The molecule has 0 amide bonds. The lowest BCUT2D eigenvalue weighted by molar-refractivity contribution is -0.274. The van der Waals surface area contributed by atoms with E-state index in [-0.39, 0.29) is 18.2 Å². The van der Waals surface area contributed by atoms with Crippen LogP contribution in [-0.2, 0) is 4.74 Å². The Morgan fingerprint density at radius 1 is 1.33 bits per heavy atom. The Kier molecular flexibility index (Phi) is 3.72. The van der Waals surface area contributed by atoms with Crippen LogP contribution in [0, 0.1) is 5.82 Å². The van der Waals surface area contributed by atoms with Crippen LogP contribution in [0.5, 0.6) is 5.75 Å². The molecule has 1 aliphatic heterocycles. The molecule has 0 spiro atoms. The van der Waals surface area contributed by atoms with Crippen molar-refractivity contribution >= 4 is 0 Å². The zero-order valence-electron chi connectivity index (χ0n) is 9.26. The summed E-state index contributed by atoms with van der Waals surface area (Å²) in [6.07, 6.45) is -4.82. The van der Waals surface area contributed by atoms with Crippen LogP contribution in [0.25, 0.3) is 0 Å². The van der Waals surface area contributed by atoms with Crippen molar-refractivity contribution in [1.29, 1.82) is 0 Å². The van der Waals surface area contributed by atoms with Crippen molar-refractivity contribution in [2.24, 2.45) is 0 Å². The first kappa shape index (κ1) is 13.1. The van der Waals surface area contributed by atoms with Crippen molar-refractivity contribution in [2.45, 2.75) is 12.4 Å². The Morgan fingerprint density at radius 2 is 2.11 bits per heavy atom. The molecule has 0 saturated carbocycles. The predicted molar refractivity (Wildman–Crippen MR) is 54.6 cm³/mol. The lowest BCUT2D eigenvalue weighted by Gasteiger charge is -2.24. The van der Waals surface area contributed by atoms with Crippen LogP contribution in [0.4, 0.5) is 17.6 Å². The molecule has 7 heteroatoms. The van der Waals surface area contributed by atoms with Crippen LogP contribution in [0.2, 0.25) is 0 Å². The van der Waals surface area contributed by atoms with Crippen molar-refractivity contribution in [3.05, 3.63) is 29.6 Å². The molecular formula is C11H11F4NO2. The van der Waals surface area contributed by atoms with Crippen LogP contribution in [-0.4, -0.2) is 26.1 Å². The molecule has 1 atom stereocenters. The largest absolute Gasteiger partial charge is 0.573 e. The van der Waals surface area contributed by atoms with Gasteiger partial charge in [0.15, 0.2) is 0 Å². The van der Waals surface area contributed by atoms with Crippen LogP contribution in [0.3, 0.4) is 0 Å². The van der Waals surface area contributed by atoms with Crippen molar-refractivity contribution in [3.8, 4) is 5.75 Å². The Hall–Kier alpha value is -1.34. The number of halogens is 4. The highest BCUT2D eigenvalue weighted by Crippen LogP contribution is 2.27. The zero-order valence-corrected chi connectivity index (χ0v) is 9.26. The fraction of sp³-hybridized carbons (Fsp3) is 0.455. The molecule has 1 N–H and O–H groups in total. The van der Waals surface area contributed by atoms with Crippen molar-refractivity contribution in [2.75, 3.05) is 19.8 Å². The molecule has 1 heterocycles. The van der Waals surface area contributed by atoms with Crippen molar-refractivity contribution in [3.63, 3.8) is 0 Å². The molecule has 100 valence electrons. The molecule has 0 aliphatic carbocycles. The third kappa shape index (κ3) is 3.33. The van der Waals surface area contributed by atoms with E-state index in [2.05, 4.69) is 10.1 Å². The molecule has 1 aromatic rings. The van der Waals surface area contributed by atoms with Gasteiger partial charge in [0.2, 0.25) is 0 Å². The molecule has 1 aromatic carbocycles. The Morgan fingerprint density at radius 3 is 2.67 bits per heavy atom. The zero-order chi connectivity index (χ0) is 13.2. The van der Waals surface area contributed by atoms with Gasteiger partial charge in [-0.05, 0) is 6.07 Å². The molecule has 0 aromatic heterocycles. The summed E-state index contributed by atoms with van der Waals surface area (Å²) in [5.41, 5.74) is 0.268. The van der Waals surface area contributed by atoms with Crippen LogP contribution in [0.1, 0.15) is 11.6 Å². The Labute approximate surface area is 101 Å². The van der Waals surface area contributed by atoms with Crippen LogP contribution < -0.4 is 10.1 Å². The van der Waals surface area contributed by atoms with E-state index in [1.165, 1.54) is 6.07 Å². The fourth-order valence-electron chi connectivity index (χ4n) is 1.75. The number of nitrogens with one attached hydrogen (secondary N) is 1. The Balaban J connectivity index is 2.14. The number of benzene rings is 1. The van der Waals surface area contributed by atoms with E-state index in [9.17, 15) is 17.6 Å². The standard InChI is InChI=1S/C11H11F4NO2/c12-9-5-7(18-11(13,14)15)1-2-8(9)10-6-17-4-3-16-10/h1-2,5,10,16H,3-4,6H2/t10-/m1/s1. The van der Waals surface area contributed by atoms with Gasteiger partial charge in [0, 0.05) is 18.2 Å². The second-order valence-corrected chi connectivity index (χ2v) is 3.81. The summed E-state index contributed by atoms with van der Waals surface area (Å²) in [4.78, 5) is 0. The highest BCUT2D eigenvalue weighted by molar-refractivity contribution is 5.31. The van der Waals surface area contributed by atoms with E-state index in [0.29, 0.717) is 13.2 Å². The normalized spacial score (nSPS) is 20.8. The van der Waals surface area contributed by atoms with Gasteiger partial charge in [0.05, 0.1) is 19.3 Å². The van der Waals surface area contributed by atoms with E-state index in [1.807, 2.05) is 0 Å². The van der Waals surface area contributed by atoms with E-state index in [0.717, 1.165) is 12.1 Å². The number of morpholine rings is 1. The van der Waals surface area contributed by atoms with Crippen LogP contribution in [0.15, 0.2) is 18.2 Å². The summed E-state index contributed by atoms with van der Waals surface area (Å²) in [5.74, 6) is -1.32. The van der Waals surface area contributed by atoms with Crippen molar-refractivity contribution in [1.82, 2.24) is 5.32 Å². The predicted octanol–water partition coefficient (Wildman–Crippen LogP) is 2.39. The smallest absolute Gasteiger partial charge is 0.406 e. The fourth-order valence-corrected chi connectivity index (χ4v) is 1.75. The maximum absolute atomic E-state index is 13.7. The van der Waals surface area contributed by atoms with E-state index >= 15 is 0 Å². The average Bonchev–Trinajstić information content (AvgIpc) is 2.28. The maximum Gasteiger partial charge on any atom is 0.573 e. The molecule has 0 bridgehead atoms. The van der Waals surface area contributed by atoms with Gasteiger partial charge in [0.25, 0.3) is 0 Å². The molecule has 0 radical (unpaired) electrons. The minimum Gasteiger partial charge on any atom is -0.406 e. The molecule has 3 nitrogen and oxygen atoms in total. The van der Waals surface area contributed by atoms with Gasteiger partial charge in [-0.3, -0.25) is 0 Å². The van der Waals surface area contributed by atoms with Crippen LogP contribution >= 0.6 is 0 Å². The first-order chi connectivity index (χ1) is 8.46. The second-order valence-electron chi connectivity index (χ2n) is 3.81. The van der Waals surface area contributed by atoms with E-state index in [1.54, 1.807) is 0 Å². The third-order valence-electron chi connectivity index (χ3n) is 2.50. The molecule has 2 rings (SSSR count). The first-order valence-corrected chi connectivity index (χ1v) is 5.32. The summed E-state index contributed by atoms with van der Waals surface area (Å²) in [6.45, 7) is 1.40. The number of hydrogen-bond acceptors (Lipinski definition) is 3. The summed E-state index contributed by atoms with van der Waals surface area (Å²) in [6, 6.07) is 2.73. The SMILES string of the molecule is Fc1cc(OC(F)(F)F)ccc1[C@H]1COCCN1. The summed E-state index contributed by atoms with van der Waals surface area (Å²) in [7, 11) is 0. The van der Waals surface area contributed by atoms with Gasteiger partial charge >= 0.3 is 6.36 Å². The summed E-state index contributed by atoms with van der Waals surface area (Å²) in [5, 5.41) is 3.02. The Bertz CT molecular complexity index is 416. The maximum atomic E-state index is 13.7. The number of ether oxygens (including phenoxy) is 2. The van der Waals surface area contributed by atoms with Gasteiger partial charge in [-0.1, -0.05) is 6.07 Å². The second kappa shape index (κ2) is 5.11. The van der Waals surface area contributed by atoms with Gasteiger partial charge in [0.1, 0.15) is 11.6 Å².